The molecule has 2 aliphatic rings. The van der Waals surface area contributed by atoms with Gasteiger partial charge >= 0.3 is 0 Å². The third-order valence-corrected chi connectivity index (χ3v) is 13.0. The summed E-state index contributed by atoms with van der Waals surface area (Å²) in [6, 6.07) is 56.3. The van der Waals surface area contributed by atoms with E-state index in [-0.39, 0.29) is 12.3 Å². The summed E-state index contributed by atoms with van der Waals surface area (Å²) in [7, 11) is 0. The Kier molecular flexibility index (Phi) is 7.37. The van der Waals surface area contributed by atoms with Gasteiger partial charge in [-0.3, -0.25) is 5.32 Å². The molecule has 0 spiro atoms. The van der Waals surface area contributed by atoms with Gasteiger partial charge in [-0.05, 0) is 65.9 Å². The van der Waals surface area contributed by atoms with Crippen LogP contribution in [0.5, 0.6) is 0 Å². The summed E-state index contributed by atoms with van der Waals surface area (Å²) in [5.74, 6) is 0.863. The maximum absolute atomic E-state index is 6.71. The molecule has 2 N–H and O–H groups in total. The zero-order valence-electron chi connectivity index (χ0n) is 30.9. The molecule has 12 rings (SSSR count). The van der Waals surface area contributed by atoms with Crippen LogP contribution in [0.15, 0.2) is 173 Å². The summed E-state index contributed by atoms with van der Waals surface area (Å²) >= 11 is 1.88. The van der Waals surface area contributed by atoms with E-state index in [0.717, 1.165) is 62.9 Å². The smallest absolute Gasteiger partial charge is 0.136 e. The molecule has 3 aromatic heterocycles. The number of nitrogens with one attached hydrogen (secondary N) is 2. The molecular weight excluding hydrogens is 717 g/mol. The highest BCUT2D eigenvalue weighted by atomic mass is 32.1. The van der Waals surface area contributed by atoms with Crippen LogP contribution in [-0.2, 0) is 6.42 Å². The molecule has 5 nitrogen and oxygen atoms in total. The molecule has 272 valence electrons. The number of furan rings is 1. The zero-order valence-corrected chi connectivity index (χ0v) is 31.8. The third kappa shape index (κ3) is 5.15. The Labute approximate surface area is 333 Å². The van der Waals surface area contributed by atoms with Gasteiger partial charge in [-0.25, -0.2) is 4.99 Å². The summed E-state index contributed by atoms with van der Waals surface area (Å²) < 4.78 is 11.8. The summed E-state index contributed by atoms with van der Waals surface area (Å²) in [5, 5.41) is 13.6. The molecule has 0 radical (unpaired) electrons. The summed E-state index contributed by atoms with van der Waals surface area (Å²) in [6.45, 7) is 0. The molecule has 2 unspecified atom stereocenters. The minimum absolute atomic E-state index is 0.201. The van der Waals surface area contributed by atoms with Gasteiger partial charge in [0.25, 0.3) is 0 Å². The van der Waals surface area contributed by atoms with Crippen LogP contribution in [0.25, 0.3) is 75.9 Å². The standard InChI is InChI=1S/C51H36N4OS/c1-3-14-31(15-4-1)49-52-50(32-16-5-2-6-17-32)54-51(53-49)39-22-12-26-43-46(39)37-29-28-33(30-44(37)56-43)34-20-11-21-38-47-42(25-13-27-45(47)57-48(34)38)55-40-23-9-7-18-35(40)36-19-8-10-24-41(36)55/h1-9,11-23,25-30,49,51,53H,10,24H2,(H,52,54). The van der Waals surface area contributed by atoms with Crippen molar-refractivity contribution in [1.29, 1.82) is 0 Å². The highest BCUT2D eigenvalue weighted by molar-refractivity contribution is 7.26. The minimum Gasteiger partial charge on any atom is -0.456 e. The predicted octanol–water partition coefficient (Wildman–Crippen LogP) is 12.9. The van der Waals surface area contributed by atoms with Crippen LogP contribution in [0.2, 0.25) is 0 Å². The molecule has 0 saturated carbocycles. The summed E-state index contributed by atoms with van der Waals surface area (Å²) in [4.78, 5) is 5.13. The molecule has 2 atom stereocenters. The molecule has 4 heterocycles. The molecular formula is C51H36N4OS. The van der Waals surface area contributed by atoms with Crippen LogP contribution in [0, 0.1) is 0 Å². The van der Waals surface area contributed by atoms with Gasteiger partial charge < -0.3 is 14.3 Å². The van der Waals surface area contributed by atoms with Crippen molar-refractivity contribution in [3.63, 3.8) is 0 Å². The number of aromatic nitrogens is 1. The van der Waals surface area contributed by atoms with E-state index in [1.807, 2.05) is 23.5 Å². The van der Waals surface area contributed by atoms with Gasteiger partial charge in [0.15, 0.2) is 0 Å². The predicted molar refractivity (Wildman–Crippen MR) is 237 cm³/mol. The molecule has 6 heteroatoms. The first-order valence-electron chi connectivity index (χ1n) is 19.7. The van der Waals surface area contributed by atoms with Crippen LogP contribution in [0.3, 0.4) is 0 Å². The third-order valence-electron chi connectivity index (χ3n) is 11.8. The lowest BCUT2D eigenvalue weighted by atomic mass is 9.98. The van der Waals surface area contributed by atoms with Gasteiger partial charge in [-0.2, -0.15) is 0 Å². The van der Waals surface area contributed by atoms with Crippen molar-refractivity contribution in [2.75, 3.05) is 0 Å². The Balaban J connectivity index is 0.979. The molecule has 0 fully saturated rings. The average Bonchev–Trinajstić information content (AvgIpc) is 3.96. The van der Waals surface area contributed by atoms with Crippen LogP contribution >= 0.6 is 11.3 Å². The Bertz CT molecular complexity index is 3260. The largest absolute Gasteiger partial charge is 0.456 e. The first-order chi connectivity index (χ1) is 28.3. The summed E-state index contributed by atoms with van der Waals surface area (Å²) in [5.41, 5.74) is 12.7. The Morgan fingerprint density at radius 1 is 0.667 bits per heavy atom. The fourth-order valence-corrected chi connectivity index (χ4v) is 10.5. The van der Waals surface area contributed by atoms with Crippen LogP contribution < -0.4 is 10.6 Å². The molecule has 57 heavy (non-hydrogen) atoms. The molecule has 0 amide bonds. The second-order valence-electron chi connectivity index (χ2n) is 15.0. The van der Waals surface area contributed by atoms with Gasteiger partial charge in [0, 0.05) is 58.7 Å². The number of hydrogen-bond acceptors (Lipinski definition) is 5. The molecule has 0 bridgehead atoms. The van der Waals surface area contributed by atoms with Gasteiger partial charge in [-0.15, -0.1) is 11.3 Å². The number of thiophene rings is 1. The van der Waals surface area contributed by atoms with E-state index in [9.17, 15) is 0 Å². The van der Waals surface area contributed by atoms with Gasteiger partial charge in [-0.1, -0.05) is 133 Å². The summed E-state index contributed by atoms with van der Waals surface area (Å²) in [6.07, 6.45) is 6.31. The number of amidine groups is 1. The Morgan fingerprint density at radius 3 is 2.39 bits per heavy atom. The first-order valence-corrected chi connectivity index (χ1v) is 20.5. The van der Waals surface area contributed by atoms with Crippen molar-refractivity contribution in [3.05, 3.63) is 192 Å². The van der Waals surface area contributed by atoms with E-state index >= 15 is 0 Å². The molecule has 10 aromatic rings. The topological polar surface area (TPSA) is 54.5 Å². The lowest BCUT2D eigenvalue weighted by Crippen LogP contribution is -2.45. The monoisotopic (exact) mass is 752 g/mol. The lowest BCUT2D eigenvalue weighted by Gasteiger charge is -2.32. The lowest BCUT2D eigenvalue weighted by molar-refractivity contribution is 0.411. The number of fused-ring (bicyclic) bond motifs is 9. The number of para-hydroxylation sites is 1. The van der Waals surface area contributed by atoms with Gasteiger partial charge in [0.05, 0.1) is 11.2 Å². The van der Waals surface area contributed by atoms with E-state index in [0.29, 0.717) is 0 Å². The average molecular weight is 753 g/mol. The maximum atomic E-state index is 6.71. The van der Waals surface area contributed by atoms with Crippen molar-refractivity contribution in [2.45, 2.75) is 25.2 Å². The Hall–Kier alpha value is -6.73. The normalized spacial score (nSPS) is 16.7. The fraction of sp³-hybridized carbons (Fsp3) is 0.0784. The SMILES string of the molecule is C1=Cc2c(n(-c3cccc4sc5c(-c6ccc7c(c6)oc6cccc(C8NC(c9ccccc9)=NC(c9ccccc9)N8)c67)cccc5c34)c3ccccc23)CC1. The van der Waals surface area contributed by atoms with Crippen LogP contribution in [0.1, 0.15) is 46.7 Å². The molecule has 7 aromatic carbocycles. The van der Waals surface area contributed by atoms with Crippen molar-refractivity contribution < 1.29 is 4.42 Å². The first kappa shape index (κ1) is 32.5. The number of nitrogens with zero attached hydrogens (tertiary/aromatic N) is 2. The molecule has 0 saturated heterocycles. The van der Waals surface area contributed by atoms with Crippen molar-refractivity contribution in [2.24, 2.45) is 4.99 Å². The second-order valence-corrected chi connectivity index (χ2v) is 16.1. The second kappa shape index (κ2) is 12.9. The highest BCUT2D eigenvalue weighted by Gasteiger charge is 2.28. The number of allylic oxidation sites excluding steroid dienone is 1. The van der Waals surface area contributed by atoms with Crippen molar-refractivity contribution >= 4 is 76.3 Å². The Morgan fingerprint density at radius 2 is 1.47 bits per heavy atom. The highest BCUT2D eigenvalue weighted by Crippen LogP contribution is 2.45. The maximum Gasteiger partial charge on any atom is 0.136 e. The minimum atomic E-state index is -0.214. The van der Waals surface area contributed by atoms with E-state index < -0.39 is 0 Å². The van der Waals surface area contributed by atoms with Crippen molar-refractivity contribution in [1.82, 2.24) is 15.2 Å². The van der Waals surface area contributed by atoms with E-state index in [1.54, 1.807) is 0 Å². The van der Waals surface area contributed by atoms with Crippen LogP contribution in [0.4, 0.5) is 0 Å². The zero-order chi connectivity index (χ0) is 37.5. The number of benzene rings is 7. The molecule has 1 aliphatic heterocycles. The number of rotatable bonds is 5. The van der Waals surface area contributed by atoms with Crippen molar-refractivity contribution in [3.8, 4) is 16.8 Å². The van der Waals surface area contributed by atoms with Gasteiger partial charge in [0.2, 0.25) is 0 Å². The van der Waals surface area contributed by atoms with Gasteiger partial charge in [0.1, 0.15) is 29.3 Å². The van der Waals surface area contributed by atoms with Crippen LogP contribution in [-0.4, -0.2) is 10.4 Å². The quantitative estimate of drug-likeness (QED) is 0.184. The van der Waals surface area contributed by atoms with E-state index in [4.69, 9.17) is 9.41 Å². The molecule has 1 aliphatic carbocycles. The van der Waals surface area contributed by atoms with E-state index in [2.05, 4.69) is 173 Å². The number of hydrogen-bond donors (Lipinski definition) is 2. The number of aliphatic imine (C=N–C) groups is 1. The van der Waals surface area contributed by atoms with E-state index in [1.165, 1.54) is 53.6 Å². The fourth-order valence-electron chi connectivity index (χ4n) is 9.22.